The van der Waals surface area contributed by atoms with Crippen LogP contribution in [0, 0.1) is 34.5 Å². The van der Waals surface area contributed by atoms with E-state index in [1.807, 2.05) is 0 Å². The van der Waals surface area contributed by atoms with Crippen LogP contribution in [0.2, 0.25) is 0 Å². The topological polar surface area (TPSA) is 52.6 Å². The fraction of sp³-hybridized carbons (Fsp3) is 0.778. The third kappa shape index (κ3) is 3.89. The van der Waals surface area contributed by atoms with E-state index in [0.717, 1.165) is 32.1 Å². The third-order valence-electron chi connectivity index (χ3n) is 9.49. The van der Waals surface area contributed by atoms with Crippen LogP contribution in [0.5, 0.6) is 0 Å². The van der Waals surface area contributed by atoms with E-state index in [-0.39, 0.29) is 28.9 Å². The summed E-state index contributed by atoms with van der Waals surface area (Å²) >= 11 is 0. The molecule has 4 rings (SSSR count). The summed E-state index contributed by atoms with van der Waals surface area (Å²) < 4.78 is 10.5. The number of ether oxygens (including phenoxy) is 2. The molecule has 0 saturated heterocycles. The quantitative estimate of drug-likeness (QED) is 0.398. The third-order valence-corrected chi connectivity index (χ3v) is 9.49. The van der Waals surface area contributed by atoms with Gasteiger partial charge in [0.15, 0.2) is 0 Å². The summed E-state index contributed by atoms with van der Waals surface area (Å²) in [5.41, 5.74) is 3.77. The van der Waals surface area contributed by atoms with Crippen molar-refractivity contribution in [2.24, 2.45) is 34.5 Å². The van der Waals surface area contributed by atoms with Gasteiger partial charge in [0.2, 0.25) is 0 Å². The number of hydrogen-bond donors (Lipinski definition) is 0. The summed E-state index contributed by atoms with van der Waals surface area (Å²) in [5.74, 6) is 2.17. The van der Waals surface area contributed by atoms with E-state index >= 15 is 0 Å². The molecular weight excluding hydrogens is 388 g/mol. The molecule has 0 radical (unpaired) electrons. The molecule has 0 aromatic heterocycles. The summed E-state index contributed by atoms with van der Waals surface area (Å²) in [6.45, 7) is 8.79. The number of allylic oxidation sites excluding steroid dienone is 4. The maximum absolute atomic E-state index is 11.7. The van der Waals surface area contributed by atoms with Gasteiger partial charge >= 0.3 is 11.9 Å². The van der Waals surface area contributed by atoms with Gasteiger partial charge in [-0.25, -0.2) is 0 Å². The fourth-order valence-electron chi connectivity index (χ4n) is 7.80. The van der Waals surface area contributed by atoms with Crippen molar-refractivity contribution in [1.82, 2.24) is 0 Å². The Kier molecular flexibility index (Phi) is 6.13. The second kappa shape index (κ2) is 8.41. The van der Waals surface area contributed by atoms with Crippen LogP contribution in [-0.4, -0.2) is 25.2 Å². The van der Waals surface area contributed by atoms with Crippen molar-refractivity contribution in [2.45, 2.75) is 91.6 Å². The molecule has 0 amide bonds. The molecule has 0 unspecified atom stereocenters. The SMILES string of the molecule is COC(=O)CC[C@@H](C)C1=CC[C@H]2[C@@H]3CC[C@@H]4C[C@H](OC(C)=O)CC[C@]4(C)C3=CC[C@]12C. The second-order valence-electron chi connectivity index (χ2n) is 11.1. The van der Waals surface area contributed by atoms with Gasteiger partial charge in [0.05, 0.1) is 7.11 Å². The number of carbonyl (C=O) groups is 2. The van der Waals surface area contributed by atoms with Gasteiger partial charge in [-0.1, -0.05) is 44.1 Å². The zero-order valence-electron chi connectivity index (χ0n) is 20.0. The minimum atomic E-state index is -0.138. The van der Waals surface area contributed by atoms with Gasteiger partial charge in [-0.05, 0) is 85.9 Å². The van der Waals surface area contributed by atoms with Crippen LogP contribution in [0.15, 0.2) is 23.3 Å². The van der Waals surface area contributed by atoms with Gasteiger partial charge in [-0.3, -0.25) is 9.59 Å². The molecule has 0 bridgehead atoms. The van der Waals surface area contributed by atoms with Crippen molar-refractivity contribution in [1.29, 1.82) is 0 Å². The molecule has 31 heavy (non-hydrogen) atoms. The van der Waals surface area contributed by atoms with E-state index in [9.17, 15) is 9.59 Å². The van der Waals surface area contributed by atoms with Crippen LogP contribution in [0.1, 0.15) is 85.5 Å². The molecule has 0 aromatic rings. The lowest BCUT2D eigenvalue weighted by Crippen LogP contribution is -2.48. The van der Waals surface area contributed by atoms with Crippen molar-refractivity contribution in [3.8, 4) is 0 Å². The average Bonchev–Trinajstić information content (AvgIpc) is 3.09. The van der Waals surface area contributed by atoms with Crippen molar-refractivity contribution >= 4 is 11.9 Å². The molecule has 4 nitrogen and oxygen atoms in total. The van der Waals surface area contributed by atoms with Crippen LogP contribution >= 0.6 is 0 Å². The Morgan fingerprint density at radius 1 is 1.16 bits per heavy atom. The Balaban J connectivity index is 1.50. The van der Waals surface area contributed by atoms with E-state index in [2.05, 4.69) is 32.9 Å². The highest BCUT2D eigenvalue weighted by Gasteiger charge is 2.55. The first-order valence-corrected chi connectivity index (χ1v) is 12.3. The molecule has 0 aliphatic heterocycles. The van der Waals surface area contributed by atoms with Crippen LogP contribution in [0.25, 0.3) is 0 Å². The lowest BCUT2D eigenvalue weighted by Gasteiger charge is -2.57. The molecule has 2 fully saturated rings. The van der Waals surface area contributed by atoms with Crippen LogP contribution in [0.4, 0.5) is 0 Å². The zero-order chi connectivity index (χ0) is 22.4. The van der Waals surface area contributed by atoms with Crippen LogP contribution in [-0.2, 0) is 19.1 Å². The molecule has 0 spiro atoms. The van der Waals surface area contributed by atoms with Gasteiger partial charge in [0, 0.05) is 13.3 Å². The average molecular weight is 429 g/mol. The summed E-state index contributed by atoms with van der Waals surface area (Å²) in [7, 11) is 1.48. The number of rotatable bonds is 5. The minimum Gasteiger partial charge on any atom is -0.469 e. The molecule has 172 valence electrons. The summed E-state index contributed by atoms with van der Waals surface area (Å²) in [4.78, 5) is 23.1. The number of carbonyl (C=O) groups excluding carboxylic acids is 2. The number of hydrogen-bond acceptors (Lipinski definition) is 4. The Bertz CT molecular complexity index is 795. The molecule has 0 aromatic carbocycles. The van der Waals surface area contributed by atoms with E-state index in [0.29, 0.717) is 30.1 Å². The first kappa shape index (κ1) is 22.6. The lowest BCUT2D eigenvalue weighted by molar-refractivity contribution is -0.151. The monoisotopic (exact) mass is 428 g/mol. The second-order valence-corrected chi connectivity index (χ2v) is 11.1. The van der Waals surface area contributed by atoms with Gasteiger partial charge in [-0.2, -0.15) is 0 Å². The molecule has 2 saturated carbocycles. The first-order valence-electron chi connectivity index (χ1n) is 12.3. The summed E-state index contributed by atoms with van der Waals surface area (Å²) in [5, 5.41) is 0. The highest BCUT2D eigenvalue weighted by Crippen LogP contribution is 2.65. The van der Waals surface area contributed by atoms with Crippen LogP contribution in [0.3, 0.4) is 0 Å². The standard InChI is InChI=1S/C27H40O4/c1-17(6-11-25(29)30-5)22-9-10-23-21-8-7-19-16-20(31-18(2)28)12-14-26(19,3)24(21)13-15-27(22,23)4/h9,13,17,19-21,23H,6-8,10-12,14-16H2,1-5H3/t17-,19-,20-,21+,23+,26+,27-/m1/s1. The predicted octanol–water partition coefficient (Wildman–Crippen LogP) is 6.01. The predicted molar refractivity (Wildman–Crippen MR) is 121 cm³/mol. The Labute approximate surface area is 187 Å². The fourth-order valence-corrected chi connectivity index (χ4v) is 7.80. The highest BCUT2D eigenvalue weighted by atomic mass is 16.5. The van der Waals surface area contributed by atoms with Gasteiger partial charge < -0.3 is 9.47 Å². The molecule has 4 aliphatic rings. The number of esters is 2. The smallest absolute Gasteiger partial charge is 0.305 e. The summed E-state index contributed by atoms with van der Waals surface area (Å²) in [6.07, 6.45) is 14.6. The maximum atomic E-state index is 11.7. The van der Waals surface area contributed by atoms with Crippen molar-refractivity contribution in [2.75, 3.05) is 7.11 Å². The van der Waals surface area contributed by atoms with E-state index in [1.54, 1.807) is 11.1 Å². The van der Waals surface area contributed by atoms with Crippen molar-refractivity contribution in [3.05, 3.63) is 23.3 Å². The van der Waals surface area contributed by atoms with E-state index in [1.165, 1.54) is 33.3 Å². The van der Waals surface area contributed by atoms with Crippen molar-refractivity contribution < 1.29 is 19.1 Å². The largest absolute Gasteiger partial charge is 0.469 e. The molecule has 7 atom stereocenters. The van der Waals surface area contributed by atoms with Gasteiger partial charge in [-0.15, -0.1) is 0 Å². The highest BCUT2D eigenvalue weighted by molar-refractivity contribution is 5.69. The first-order chi connectivity index (χ1) is 14.7. The van der Waals surface area contributed by atoms with E-state index in [4.69, 9.17) is 9.47 Å². The molecule has 4 heteroatoms. The Morgan fingerprint density at radius 2 is 1.94 bits per heavy atom. The molecule has 0 N–H and O–H groups in total. The zero-order valence-corrected chi connectivity index (χ0v) is 20.0. The molecular formula is C27H40O4. The lowest BCUT2D eigenvalue weighted by atomic mass is 9.48. The van der Waals surface area contributed by atoms with Gasteiger partial charge in [0.25, 0.3) is 0 Å². The number of fused-ring (bicyclic) bond motifs is 5. The molecule has 0 heterocycles. The van der Waals surface area contributed by atoms with Gasteiger partial charge in [0.1, 0.15) is 6.10 Å². The maximum Gasteiger partial charge on any atom is 0.305 e. The Morgan fingerprint density at radius 3 is 2.65 bits per heavy atom. The van der Waals surface area contributed by atoms with Crippen molar-refractivity contribution in [3.63, 3.8) is 0 Å². The Hall–Kier alpha value is -1.58. The number of methoxy groups -OCH3 is 1. The van der Waals surface area contributed by atoms with E-state index < -0.39 is 0 Å². The molecule has 4 aliphatic carbocycles. The normalized spacial score (nSPS) is 39.9. The summed E-state index contributed by atoms with van der Waals surface area (Å²) in [6, 6.07) is 0. The minimum absolute atomic E-state index is 0.103. The van der Waals surface area contributed by atoms with Crippen LogP contribution < -0.4 is 0 Å².